The van der Waals surface area contributed by atoms with Crippen LogP contribution in [0.3, 0.4) is 0 Å². The first-order valence-electron chi connectivity index (χ1n) is 6.22. The second-order valence-corrected chi connectivity index (χ2v) is 4.56. The number of rotatable bonds is 8. The minimum Gasteiger partial charge on any atom is -0.455 e. The summed E-state index contributed by atoms with van der Waals surface area (Å²) in [5.74, 6) is -0.564. The molecule has 0 saturated heterocycles. The maximum Gasteiger partial charge on any atom is 0.306 e. The molecule has 0 aliphatic rings. The number of unbranched alkanes of at least 4 members (excludes halogenated alkanes) is 1. The quantitative estimate of drug-likeness (QED) is 0.486. The van der Waals surface area contributed by atoms with Crippen molar-refractivity contribution >= 4 is 11.8 Å². The van der Waals surface area contributed by atoms with Crippen LogP contribution >= 0.6 is 0 Å². The van der Waals surface area contributed by atoms with E-state index in [-0.39, 0.29) is 18.2 Å². The molecule has 0 radical (unpaired) electrons. The zero-order chi connectivity index (χ0) is 13.5. The number of Topliss-reactive ketones (excluding diaryl/α,β-unsaturated/α-hetero) is 1. The van der Waals surface area contributed by atoms with Crippen molar-refractivity contribution < 1.29 is 19.1 Å². The number of carbonyl (C=O) groups excluding carboxylic acids is 2. The van der Waals surface area contributed by atoms with Crippen LogP contribution in [0.2, 0.25) is 0 Å². The molecular weight excluding hydrogens is 220 g/mol. The highest BCUT2D eigenvalue weighted by Crippen LogP contribution is 2.15. The molecule has 0 aliphatic carbocycles. The standard InChI is InChI=1S/C13H24O4/c1-6-8-9-16-13(4,5)12(15)10(3)17-11(14)7-2/h10H,6-9H2,1-5H3. The Balaban J connectivity index is 4.29. The minimum absolute atomic E-state index is 0.199. The maximum absolute atomic E-state index is 12.0. The van der Waals surface area contributed by atoms with Crippen LogP contribution in [0.4, 0.5) is 0 Å². The zero-order valence-electron chi connectivity index (χ0n) is 11.5. The number of ketones is 1. The van der Waals surface area contributed by atoms with E-state index < -0.39 is 11.7 Å². The normalized spacial score (nSPS) is 13.2. The van der Waals surface area contributed by atoms with Gasteiger partial charge in [0.05, 0.1) is 0 Å². The summed E-state index contributed by atoms with van der Waals surface area (Å²) in [6.45, 7) is 9.30. The summed E-state index contributed by atoms with van der Waals surface area (Å²) in [6.07, 6.45) is 1.46. The molecule has 0 aliphatic heterocycles. The molecule has 1 atom stereocenters. The Morgan fingerprint density at radius 3 is 2.29 bits per heavy atom. The number of carbonyl (C=O) groups is 2. The molecule has 0 bridgehead atoms. The van der Waals surface area contributed by atoms with Crippen molar-refractivity contribution in [2.45, 2.75) is 65.6 Å². The van der Waals surface area contributed by atoms with Crippen molar-refractivity contribution in [1.82, 2.24) is 0 Å². The van der Waals surface area contributed by atoms with Crippen LogP contribution in [-0.4, -0.2) is 30.1 Å². The fraction of sp³-hybridized carbons (Fsp3) is 0.846. The van der Waals surface area contributed by atoms with E-state index >= 15 is 0 Å². The van der Waals surface area contributed by atoms with Crippen LogP contribution in [0.25, 0.3) is 0 Å². The molecule has 0 aromatic carbocycles. The molecule has 0 spiro atoms. The summed E-state index contributed by atoms with van der Waals surface area (Å²) < 4.78 is 10.5. The average Bonchev–Trinajstić information content (AvgIpc) is 2.27. The Kier molecular flexibility index (Phi) is 7.04. The molecule has 4 heteroatoms. The number of hydrogen-bond acceptors (Lipinski definition) is 4. The lowest BCUT2D eigenvalue weighted by atomic mass is 9.99. The van der Waals surface area contributed by atoms with E-state index in [0.29, 0.717) is 6.61 Å². The van der Waals surface area contributed by atoms with Gasteiger partial charge in [-0.1, -0.05) is 20.3 Å². The van der Waals surface area contributed by atoms with Gasteiger partial charge in [0.1, 0.15) is 5.60 Å². The average molecular weight is 244 g/mol. The predicted molar refractivity (Wildman–Crippen MR) is 65.8 cm³/mol. The summed E-state index contributed by atoms with van der Waals surface area (Å²) >= 11 is 0. The molecule has 0 saturated carbocycles. The van der Waals surface area contributed by atoms with Crippen molar-refractivity contribution in [3.05, 3.63) is 0 Å². The van der Waals surface area contributed by atoms with Crippen LogP contribution in [0.15, 0.2) is 0 Å². The molecule has 0 amide bonds. The van der Waals surface area contributed by atoms with Crippen LogP contribution in [0.5, 0.6) is 0 Å². The molecule has 1 unspecified atom stereocenters. The monoisotopic (exact) mass is 244 g/mol. The fourth-order valence-electron chi connectivity index (χ4n) is 1.37. The molecule has 0 aromatic rings. The van der Waals surface area contributed by atoms with Crippen molar-refractivity contribution in [2.75, 3.05) is 6.61 Å². The number of hydrogen-bond donors (Lipinski definition) is 0. The van der Waals surface area contributed by atoms with E-state index in [4.69, 9.17) is 9.47 Å². The molecule has 0 rings (SSSR count). The van der Waals surface area contributed by atoms with Crippen LogP contribution < -0.4 is 0 Å². The topological polar surface area (TPSA) is 52.6 Å². The summed E-state index contributed by atoms with van der Waals surface area (Å²) in [4.78, 5) is 23.1. The molecule has 0 heterocycles. The summed E-state index contributed by atoms with van der Waals surface area (Å²) in [5.41, 5.74) is -0.900. The van der Waals surface area contributed by atoms with Crippen LogP contribution in [0.1, 0.15) is 53.9 Å². The number of esters is 1. The highest BCUT2D eigenvalue weighted by Gasteiger charge is 2.34. The van der Waals surface area contributed by atoms with E-state index in [9.17, 15) is 9.59 Å². The summed E-state index contributed by atoms with van der Waals surface area (Å²) in [5, 5.41) is 0. The van der Waals surface area contributed by atoms with E-state index in [0.717, 1.165) is 12.8 Å². The first kappa shape index (κ1) is 16.1. The number of ether oxygens (including phenoxy) is 2. The Morgan fingerprint density at radius 1 is 1.24 bits per heavy atom. The summed E-state index contributed by atoms with van der Waals surface area (Å²) in [6, 6.07) is 0. The van der Waals surface area contributed by atoms with Gasteiger partial charge in [0.15, 0.2) is 6.10 Å². The lowest BCUT2D eigenvalue weighted by Crippen LogP contribution is -2.43. The lowest BCUT2D eigenvalue weighted by molar-refractivity contribution is -0.162. The van der Waals surface area contributed by atoms with Gasteiger partial charge in [0, 0.05) is 13.0 Å². The van der Waals surface area contributed by atoms with Crippen LogP contribution in [-0.2, 0) is 19.1 Å². The van der Waals surface area contributed by atoms with Crippen molar-refractivity contribution in [2.24, 2.45) is 0 Å². The zero-order valence-corrected chi connectivity index (χ0v) is 11.5. The highest BCUT2D eigenvalue weighted by molar-refractivity contribution is 5.91. The van der Waals surface area contributed by atoms with Gasteiger partial charge >= 0.3 is 5.97 Å². The van der Waals surface area contributed by atoms with Crippen molar-refractivity contribution in [1.29, 1.82) is 0 Å². The first-order valence-corrected chi connectivity index (χ1v) is 6.22. The Morgan fingerprint density at radius 2 is 1.82 bits per heavy atom. The largest absolute Gasteiger partial charge is 0.455 e. The van der Waals surface area contributed by atoms with Gasteiger partial charge < -0.3 is 9.47 Å². The highest BCUT2D eigenvalue weighted by atomic mass is 16.6. The van der Waals surface area contributed by atoms with E-state index in [1.165, 1.54) is 0 Å². The van der Waals surface area contributed by atoms with Crippen molar-refractivity contribution in [3.63, 3.8) is 0 Å². The van der Waals surface area contributed by atoms with E-state index in [2.05, 4.69) is 6.92 Å². The van der Waals surface area contributed by atoms with Gasteiger partial charge in [-0.05, 0) is 27.2 Å². The Hall–Kier alpha value is -0.900. The predicted octanol–water partition coefficient (Wildman–Crippen LogP) is 2.49. The molecule has 0 aromatic heterocycles. The van der Waals surface area contributed by atoms with Gasteiger partial charge in [-0.2, -0.15) is 0 Å². The third-order valence-electron chi connectivity index (χ3n) is 2.52. The molecule has 0 fully saturated rings. The van der Waals surface area contributed by atoms with Gasteiger partial charge in [-0.15, -0.1) is 0 Å². The third kappa shape index (κ3) is 5.82. The molecule has 100 valence electrons. The third-order valence-corrected chi connectivity index (χ3v) is 2.52. The maximum atomic E-state index is 12.0. The lowest BCUT2D eigenvalue weighted by Gasteiger charge is -2.26. The van der Waals surface area contributed by atoms with Crippen molar-refractivity contribution in [3.8, 4) is 0 Å². The van der Waals surface area contributed by atoms with Crippen LogP contribution in [0, 0.1) is 0 Å². The SMILES string of the molecule is CCCCOC(C)(C)C(=O)C(C)OC(=O)CC. The first-order chi connectivity index (χ1) is 7.85. The van der Waals surface area contributed by atoms with E-state index in [1.807, 2.05) is 0 Å². The molecular formula is C13H24O4. The van der Waals surface area contributed by atoms with Gasteiger partial charge in [0.25, 0.3) is 0 Å². The minimum atomic E-state index is -0.900. The molecule has 17 heavy (non-hydrogen) atoms. The smallest absolute Gasteiger partial charge is 0.306 e. The second kappa shape index (κ2) is 7.43. The molecule has 4 nitrogen and oxygen atoms in total. The van der Waals surface area contributed by atoms with E-state index in [1.54, 1.807) is 27.7 Å². The Labute approximate surface area is 104 Å². The van der Waals surface area contributed by atoms with Gasteiger partial charge in [-0.3, -0.25) is 9.59 Å². The second-order valence-electron chi connectivity index (χ2n) is 4.56. The summed E-state index contributed by atoms with van der Waals surface area (Å²) in [7, 11) is 0. The van der Waals surface area contributed by atoms with Gasteiger partial charge in [-0.25, -0.2) is 0 Å². The molecule has 0 N–H and O–H groups in total. The van der Waals surface area contributed by atoms with Gasteiger partial charge in [0.2, 0.25) is 5.78 Å². The fourth-order valence-corrected chi connectivity index (χ4v) is 1.37. The Bertz CT molecular complexity index is 258.